The summed E-state index contributed by atoms with van der Waals surface area (Å²) < 4.78 is 36.2. The van der Waals surface area contributed by atoms with Crippen LogP contribution in [0.25, 0.3) is 22.3 Å². The maximum Gasteiger partial charge on any atom is 0.737 e. The summed E-state index contributed by atoms with van der Waals surface area (Å²) in [5.41, 5.74) is 9.61. The van der Waals surface area contributed by atoms with Crippen molar-refractivity contribution in [3.8, 4) is 11.1 Å². The second-order valence-corrected chi connectivity index (χ2v) is 9.67. The van der Waals surface area contributed by atoms with E-state index in [9.17, 15) is 0 Å². The Bertz CT molecular complexity index is 1610. The van der Waals surface area contributed by atoms with Gasteiger partial charge in [0, 0.05) is 23.8 Å². The third-order valence-corrected chi connectivity index (χ3v) is 7.67. The van der Waals surface area contributed by atoms with Crippen molar-refractivity contribution in [2.75, 3.05) is 0 Å². The highest BCUT2D eigenvalue weighted by Gasteiger charge is 2.57. The summed E-state index contributed by atoms with van der Waals surface area (Å²) in [6, 6.07) is 29.7. The van der Waals surface area contributed by atoms with Crippen LogP contribution in [0.15, 0.2) is 102 Å². The van der Waals surface area contributed by atoms with Crippen molar-refractivity contribution in [1.82, 2.24) is 4.48 Å². The van der Waals surface area contributed by atoms with Gasteiger partial charge in [-0.15, -0.1) is 0 Å². The van der Waals surface area contributed by atoms with Crippen LogP contribution in [0.3, 0.4) is 0 Å². The van der Waals surface area contributed by atoms with Gasteiger partial charge in [0.2, 0.25) is 0 Å². The average Bonchev–Trinajstić information content (AvgIpc) is 3.31. The monoisotopic (exact) mass is 476 g/mol. The molecular weight excluding hydrogens is 449 g/mol. The normalized spacial score (nSPS) is 16.5. The van der Waals surface area contributed by atoms with Crippen molar-refractivity contribution in [2.45, 2.75) is 27.7 Å². The zero-order valence-corrected chi connectivity index (χ0v) is 20.9. The van der Waals surface area contributed by atoms with E-state index in [1.165, 1.54) is 8.96 Å². The number of rotatable bonds is 3. The molecule has 1 aromatic heterocycles. The molecule has 0 amide bonds. The number of nitrogens with zero attached hydrogens (tertiary/aromatic N) is 2. The summed E-state index contributed by atoms with van der Waals surface area (Å²) in [6.45, 7) is 3.49. The van der Waals surface area contributed by atoms with E-state index in [1.807, 2.05) is 119 Å². The molecule has 0 atom stereocenters. The van der Waals surface area contributed by atoms with Gasteiger partial charge in [0.15, 0.2) is 5.70 Å². The first-order valence-electron chi connectivity index (χ1n) is 12.3. The summed E-state index contributed by atoms with van der Waals surface area (Å²) in [7, 11) is 0. The van der Waals surface area contributed by atoms with Gasteiger partial charge < -0.3 is 17.6 Å². The first kappa shape index (κ1) is 22.5. The quantitative estimate of drug-likeness (QED) is 0.268. The van der Waals surface area contributed by atoms with Gasteiger partial charge in [-0.25, -0.2) is 0 Å². The topological polar surface area (TPSA) is 7.94 Å². The molecule has 0 aliphatic carbocycles. The van der Waals surface area contributed by atoms with Crippen LogP contribution in [0.2, 0.25) is 0 Å². The molecule has 0 bridgehead atoms. The van der Waals surface area contributed by atoms with Gasteiger partial charge in [-0.05, 0) is 48.7 Å². The number of hydrogen-bond acceptors (Lipinski definition) is 0. The zero-order valence-electron chi connectivity index (χ0n) is 20.9. The SMILES string of the molecule is CC1=C(c2ccccc2)C(C)=[N+]2C1=C(c1ccccc1)c1c(C)c(-c3ccccc3)c(C)n1[B-]2(F)F. The van der Waals surface area contributed by atoms with Gasteiger partial charge >= 0.3 is 6.97 Å². The molecule has 3 heterocycles. The number of hydrogen-bond donors (Lipinski definition) is 0. The number of allylic oxidation sites excluding steroid dienone is 2. The van der Waals surface area contributed by atoms with Crippen LogP contribution >= 0.6 is 0 Å². The molecule has 36 heavy (non-hydrogen) atoms. The number of benzene rings is 3. The van der Waals surface area contributed by atoms with E-state index in [0.29, 0.717) is 22.8 Å². The third-order valence-electron chi connectivity index (χ3n) is 7.67. The molecule has 2 aliphatic rings. The highest BCUT2D eigenvalue weighted by Crippen LogP contribution is 2.49. The molecule has 5 heteroatoms. The smallest absolute Gasteiger partial charge is 0.393 e. The van der Waals surface area contributed by atoms with E-state index in [1.54, 1.807) is 0 Å². The maximum atomic E-state index is 16.8. The second-order valence-electron chi connectivity index (χ2n) is 9.67. The molecule has 178 valence electrons. The van der Waals surface area contributed by atoms with Gasteiger partial charge in [0.25, 0.3) is 0 Å². The number of fused-ring (bicyclic) bond motifs is 2. The molecule has 0 spiro atoms. The summed E-state index contributed by atoms with van der Waals surface area (Å²) in [5.74, 6) is 0. The summed E-state index contributed by atoms with van der Waals surface area (Å²) in [4.78, 5) is 0. The van der Waals surface area contributed by atoms with Crippen LogP contribution in [-0.4, -0.2) is 21.6 Å². The molecule has 2 aliphatic heterocycles. The minimum Gasteiger partial charge on any atom is -0.393 e. The zero-order chi connectivity index (χ0) is 25.2. The Morgan fingerprint density at radius 2 is 1.11 bits per heavy atom. The van der Waals surface area contributed by atoms with Crippen molar-refractivity contribution >= 4 is 23.8 Å². The van der Waals surface area contributed by atoms with E-state index < -0.39 is 6.97 Å². The largest absolute Gasteiger partial charge is 0.737 e. The van der Waals surface area contributed by atoms with Crippen molar-refractivity contribution in [1.29, 1.82) is 0 Å². The Labute approximate surface area is 210 Å². The first-order valence-corrected chi connectivity index (χ1v) is 12.3. The Morgan fingerprint density at radius 1 is 0.639 bits per heavy atom. The summed E-state index contributed by atoms with van der Waals surface area (Å²) >= 11 is 0. The van der Waals surface area contributed by atoms with Crippen LogP contribution in [-0.2, 0) is 0 Å². The molecular formula is C31H27BF2N2. The van der Waals surface area contributed by atoms with Crippen LogP contribution in [0.1, 0.15) is 41.9 Å². The first-order chi connectivity index (χ1) is 17.3. The molecule has 3 aromatic carbocycles. The molecule has 2 nitrogen and oxygen atoms in total. The lowest BCUT2D eigenvalue weighted by Crippen LogP contribution is -2.51. The number of aromatic nitrogens is 1. The minimum absolute atomic E-state index is 0.588. The van der Waals surface area contributed by atoms with Gasteiger partial charge in [-0.3, -0.25) is 0 Å². The van der Waals surface area contributed by atoms with E-state index >= 15 is 8.63 Å². The average molecular weight is 476 g/mol. The van der Waals surface area contributed by atoms with Crippen LogP contribution in [0, 0.1) is 13.8 Å². The van der Waals surface area contributed by atoms with Crippen molar-refractivity contribution < 1.29 is 13.1 Å². The lowest BCUT2D eigenvalue weighted by molar-refractivity contribution is -0.363. The van der Waals surface area contributed by atoms with Crippen molar-refractivity contribution in [3.05, 3.63) is 130 Å². The second kappa shape index (κ2) is 8.02. The Morgan fingerprint density at radius 3 is 1.64 bits per heavy atom. The standard InChI is InChI=1S/C31H27BF2N2/c1-20-27(24-14-8-5-9-15-24)22(3)35-30(20)29(26-18-12-7-13-19-26)31-21(2)28(25-16-10-6-11-17-25)23(4)36(31)32(35,33)34/h5-19H,1-4H3. The van der Waals surface area contributed by atoms with E-state index in [4.69, 9.17) is 0 Å². The molecule has 6 rings (SSSR count). The lowest BCUT2D eigenvalue weighted by atomic mass is 9.83. The van der Waals surface area contributed by atoms with Crippen LogP contribution in [0.5, 0.6) is 0 Å². The molecule has 0 saturated heterocycles. The fourth-order valence-corrected chi connectivity index (χ4v) is 6.28. The fourth-order valence-electron chi connectivity index (χ4n) is 6.28. The third kappa shape index (κ3) is 2.98. The van der Waals surface area contributed by atoms with Crippen LogP contribution < -0.4 is 0 Å². The molecule has 0 N–H and O–H groups in total. The Kier molecular flexibility index (Phi) is 5.01. The maximum absolute atomic E-state index is 16.8. The van der Waals surface area contributed by atoms with Gasteiger partial charge in [0.1, 0.15) is 5.71 Å². The predicted molar refractivity (Wildman–Crippen MR) is 145 cm³/mol. The van der Waals surface area contributed by atoms with Gasteiger partial charge in [-0.2, -0.15) is 0 Å². The molecule has 0 fully saturated rings. The summed E-state index contributed by atoms with van der Waals surface area (Å²) in [6.07, 6.45) is 0. The van der Waals surface area contributed by atoms with Gasteiger partial charge in [-0.1, -0.05) is 91.0 Å². The van der Waals surface area contributed by atoms with E-state index in [-0.39, 0.29) is 0 Å². The Hall–Kier alpha value is -3.99. The van der Waals surface area contributed by atoms with Crippen LogP contribution in [0.4, 0.5) is 8.63 Å². The minimum atomic E-state index is -4.13. The van der Waals surface area contributed by atoms with E-state index in [0.717, 1.165) is 44.5 Å². The van der Waals surface area contributed by atoms with E-state index in [2.05, 4.69) is 0 Å². The highest BCUT2D eigenvalue weighted by atomic mass is 19.2. The Balaban J connectivity index is 1.77. The summed E-state index contributed by atoms with van der Waals surface area (Å²) in [5, 5.41) is 0. The fraction of sp³-hybridized carbons (Fsp3) is 0.129. The number of halogens is 2. The predicted octanol–water partition coefficient (Wildman–Crippen LogP) is 7.73. The molecule has 0 radical (unpaired) electrons. The molecule has 4 aromatic rings. The van der Waals surface area contributed by atoms with Gasteiger partial charge in [0.05, 0.1) is 11.1 Å². The highest BCUT2D eigenvalue weighted by molar-refractivity contribution is 6.59. The van der Waals surface area contributed by atoms with Crippen molar-refractivity contribution in [3.63, 3.8) is 0 Å². The molecule has 0 saturated carbocycles. The van der Waals surface area contributed by atoms with Crippen molar-refractivity contribution in [2.24, 2.45) is 0 Å². The molecule has 0 unspecified atom stereocenters. The lowest BCUT2D eigenvalue weighted by Gasteiger charge is -2.34.